The highest BCUT2D eigenvalue weighted by atomic mass is 16.6. The van der Waals surface area contributed by atoms with Crippen LogP contribution in [0.2, 0.25) is 0 Å². The van der Waals surface area contributed by atoms with Gasteiger partial charge in [0, 0.05) is 11.1 Å². The number of hydrogen-bond donors (Lipinski definition) is 4. The highest BCUT2D eigenvalue weighted by Gasteiger charge is 2.38. The van der Waals surface area contributed by atoms with Crippen LogP contribution in [0.15, 0.2) is 36.4 Å². The average Bonchev–Trinajstić information content (AvgIpc) is 2.87. The first-order valence-electron chi connectivity index (χ1n) is 11.5. The number of fused-ring (bicyclic) bond motifs is 6. The van der Waals surface area contributed by atoms with Crippen LogP contribution in [0.5, 0.6) is 23.0 Å². The smallest absolute Gasteiger partial charge is 0.339 e. The highest BCUT2D eigenvalue weighted by Crippen LogP contribution is 2.50. The number of esters is 2. The van der Waals surface area contributed by atoms with Crippen molar-refractivity contribution in [3.05, 3.63) is 47.5 Å². The zero-order chi connectivity index (χ0) is 25.1. The van der Waals surface area contributed by atoms with E-state index in [2.05, 4.69) is 9.97 Å². The average molecular weight is 488 g/mol. The summed E-state index contributed by atoms with van der Waals surface area (Å²) in [6, 6.07) is 9.24. The number of phenolic OH excluding ortho intramolecular Hbond substituents is 4. The second-order valence-corrected chi connectivity index (χ2v) is 8.92. The van der Waals surface area contributed by atoms with Crippen molar-refractivity contribution in [2.24, 2.45) is 0 Å². The van der Waals surface area contributed by atoms with Crippen LogP contribution in [0, 0.1) is 0 Å². The van der Waals surface area contributed by atoms with Crippen molar-refractivity contribution in [1.29, 1.82) is 0 Å². The predicted molar refractivity (Wildman–Crippen MR) is 126 cm³/mol. The summed E-state index contributed by atoms with van der Waals surface area (Å²) in [5.41, 5.74) is -0.0527. The Morgan fingerprint density at radius 2 is 1.25 bits per heavy atom. The summed E-state index contributed by atoms with van der Waals surface area (Å²) in [7, 11) is 0. The standard InChI is InChI=1S/C26H20N2O8/c29-16-10-12-20(24(32)22(16)30)19-11(25(33)35-17-7-3-4-8-18(17)36-26(12)34)9-15-21(23(19)31)28-14-6-2-1-5-13(14)27-15/h1-2,5-6,9-10,17-18,29-32H,3-4,7-8H2/t17-,18-/m0/s1. The molecule has 1 aliphatic heterocycles. The number of benzene rings is 3. The van der Waals surface area contributed by atoms with Gasteiger partial charge in [0.05, 0.1) is 27.7 Å². The van der Waals surface area contributed by atoms with Crippen LogP contribution in [0.3, 0.4) is 0 Å². The number of para-hydroxylation sites is 2. The quantitative estimate of drug-likeness (QED) is 0.162. The number of aromatic nitrogens is 2. The lowest BCUT2D eigenvalue weighted by molar-refractivity contribution is -0.0516. The molecule has 6 rings (SSSR count). The summed E-state index contributed by atoms with van der Waals surface area (Å²) in [4.78, 5) is 35.7. The van der Waals surface area contributed by atoms with Crippen LogP contribution in [0.4, 0.5) is 0 Å². The van der Waals surface area contributed by atoms with E-state index in [-0.39, 0.29) is 27.7 Å². The topological polar surface area (TPSA) is 159 Å². The third-order valence-electron chi connectivity index (χ3n) is 6.71. The number of phenols is 4. The van der Waals surface area contributed by atoms with Crippen molar-refractivity contribution in [2.45, 2.75) is 37.9 Å². The van der Waals surface area contributed by atoms with Gasteiger partial charge in [-0.3, -0.25) is 0 Å². The Balaban J connectivity index is 1.72. The molecule has 1 aromatic heterocycles. The molecular weight excluding hydrogens is 468 g/mol. The number of nitrogens with zero attached hydrogens (tertiary/aromatic N) is 2. The van der Waals surface area contributed by atoms with Gasteiger partial charge in [-0.15, -0.1) is 0 Å². The molecule has 1 fully saturated rings. The summed E-state index contributed by atoms with van der Waals surface area (Å²) in [6.07, 6.45) is 1.01. The van der Waals surface area contributed by atoms with Crippen LogP contribution < -0.4 is 0 Å². The summed E-state index contributed by atoms with van der Waals surface area (Å²) >= 11 is 0. The van der Waals surface area contributed by atoms with E-state index in [1.165, 1.54) is 6.07 Å². The largest absolute Gasteiger partial charge is 0.505 e. The number of hydrogen-bond acceptors (Lipinski definition) is 10. The first-order chi connectivity index (χ1) is 17.3. The SMILES string of the molecule is O=C1O[C@H]2CCCC[C@@H]2OC(=O)c2cc3nc4ccccc4nc3c(O)c2-c2c1cc(O)c(O)c2O. The number of aromatic hydroxyl groups is 4. The molecule has 10 nitrogen and oxygen atoms in total. The zero-order valence-electron chi connectivity index (χ0n) is 18.8. The molecule has 0 spiro atoms. The van der Waals surface area contributed by atoms with Gasteiger partial charge in [0.15, 0.2) is 17.2 Å². The van der Waals surface area contributed by atoms with Gasteiger partial charge < -0.3 is 29.9 Å². The Kier molecular flexibility index (Phi) is 4.85. The maximum absolute atomic E-state index is 13.5. The number of carbonyl (C=O) groups is 2. The highest BCUT2D eigenvalue weighted by molar-refractivity contribution is 6.11. The first kappa shape index (κ1) is 21.9. The molecule has 0 radical (unpaired) electrons. The van der Waals surface area contributed by atoms with E-state index in [0.29, 0.717) is 23.9 Å². The predicted octanol–water partition coefficient (Wildman–Crippen LogP) is 3.91. The molecule has 0 amide bonds. The lowest BCUT2D eigenvalue weighted by Crippen LogP contribution is -2.38. The second kappa shape index (κ2) is 7.98. The van der Waals surface area contributed by atoms with Crippen molar-refractivity contribution in [1.82, 2.24) is 9.97 Å². The van der Waals surface area contributed by atoms with E-state index in [4.69, 9.17) is 9.47 Å². The molecule has 2 atom stereocenters. The monoisotopic (exact) mass is 488 g/mol. The molecule has 182 valence electrons. The van der Waals surface area contributed by atoms with Gasteiger partial charge in [0.2, 0.25) is 5.75 Å². The Morgan fingerprint density at radius 1 is 0.694 bits per heavy atom. The zero-order valence-corrected chi connectivity index (χ0v) is 18.8. The number of carbonyl (C=O) groups excluding carboxylic acids is 2. The minimum absolute atomic E-state index is 0.000801. The van der Waals surface area contributed by atoms with E-state index in [9.17, 15) is 30.0 Å². The molecule has 3 aromatic carbocycles. The Bertz CT molecular complexity index is 1600. The summed E-state index contributed by atoms with van der Waals surface area (Å²) < 4.78 is 11.4. The van der Waals surface area contributed by atoms with Crippen molar-refractivity contribution in [3.8, 4) is 34.1 Å². The molecule has 0 unspecified atom stereocenters. The Hall–Kier alpha value is -4.60. The normalized spacial score (nSPS) is 19.7. The van der Waals surface area contributed by atoms with Gasteiger partial charge >= 0.3 is 11.9 Å². The molecular formula is C26H20N2O8. The van der Waals surface area contributed by atoms with Gasteiger partial charge in [0.25, 0.3) is 0 Å². The second-order valence-electron chi connectivity index (χ2n) is 8.92. The molecule has 4 aromatic rings. The van der Waals surface area contributed by atoms with Crippen molar-refractivity contribution >= 4 is 34.0 Å². The Labute approximate surface area is 203 Å². The van der Waals surface area contributed by atoms with Crippen LogP contribution in [-0.4, -0.2) is 54.5 Å². The third kappa shape index (κ3) is 3.25. The van der Waals surface area contributed by atoms with E-state index < -0.39 is 52.7 Å². The molecule has 2 heterocycles. The van der Waals surface area contributed by atoms with E-state index in [1.54, 1.807) is 24.3 Å². The van der Waals surface area contributed by atoms with Gasteiger partial charge in [0.1, 0.15) is 17.7 Å². The third-order valence-corrected chi connectivity index (χ3v) is 6.71. The van der Waals surface area contributed by atoms with Gasteiger partial charge in [-0.25, -0.2) is 19.6 Å². The van der Waals surface area contributed by atoms with Crippen LogP contribution in [-0.2, 0) is 9.47 Å². The van der Waals surface area contributed by atoms with Crippen LogP contribution >= 0.6 is 0 Å². The summed E-state index contributed by atoms with van der Waals surface area (Å²) in [5, 5.41) is 42.7. The summed E-state index contributed by atoms with van der Waals surface area (Å²) in [5.74, 6) is -4.92. The lowest BCUT2D eigenvalue weighted by atomic mass is 9.90. The van der Waals surface area contributed by atoms with Crippen molar-refractivity contribution in [2.75, 3.05) is 0 Å². The van der Waals surface area contributed by atoms with Crippen LogP contribution in [0.25, 0.3) is 33.2 Å². The van der Waals surface area contributed by atoms with Gasteiger partial charge in [-0.1, -0.05) is 12.1 Å². The first-order valence-corrected chi connectivity index (χ1v) is 11.5. The van der Waals surface area contributed by atoms with E-state index >= 15 is 0 Å². The van der Waals surface area contributed by atoms with Crippen molar-refractivity contribution < 1.29 is 39.5 Å². The molecule has 1 aliphatic carbocycles. The maximum Gasteiger partial charge on any atom is 0.339 e. The fourth-order valence-electron chi connectivity index (χ4n) is 4.95. The number of rotatable bonds is 0. The molecule has 0 saturated heterocycles. The maximum atomic E-state index is 13.5. The Morgan fingerprint density at radius 3 is 1.89 bits per heavy atom. The minimum atomic E-state index is -0.933. The van der Waals surface area contributed by atoms with Gasteiger partial charge in [-0.05, 0) is 49.9 Å². The van der Waals surface area contributed by atoms with Crippen molar-refractivity contribution in [3.63, 3.8) is 0 Å². The fraction of sp³-hybridized carbons (Fsp3) is 0.231. The lowest BCUT2D eigenvalue weighted by Gasteiger charge is -2.32. The van der Waals surface area contributed by atoms with Gasteiger partial charge in [-0.2, -0.15) is 0 Å². The molecule has 10 heteroatoms. The molecule has 1 saturated carbocycles. The number of ether oxygens (including phenoxy) is 2. The molecule has 4 N–H and O–H groups in total. The molecule has 2 aliphatic rings. The van der Waals surface area contributed by atoms with E-state index in [1.807, 2.05) is 0 Å². The summed E-state index contributed by atoms with van der Waals surface area (Å²) in [6.45, 7) is 0. The minimum Gasteiger partial charge on any atom is -0.505 e. The van der Waals surface area contributed by atoms with E-state index in [0.717, 1.165) is 18.9 Å². The fourth-order valence-corrected chi connectivity index (χ4v) is 4.95. The molecule has 36 heavy (non-hydrogen) atoms. The molecule has 0 bridgehead atoms. The van der Waals surface area contributed by atoms with Crippen LogP contribution in [0.1, 0.15) is 46.4 Å².